The van der Waals surface area contributed by atoms with Crippen molar-refractivity contribution in [2.24, 2.45) is 0 Å². The van der Waals surface area contributed by atoms with Gasteiger partial charge in [-0.15, -0.1) is 0 Å². The third-order valence-corrected chi connectivity index (χ3v) is 4.17. The molecule has 1 atom stereocenters. The fourth-order valence-electron chi connectivity index (χ4n) is 1.87. The van der Waals surface area contributed by atoms with Gasteiger partial charge in [0.25, 0.3) is 5.91 Å². The van der Waals surface area contributed by atoms with Gasteiger partial charge in [0.05, 0.1) is 16.5 Å². The molecule has 0 bridgehead atoms. The van der Waals surface area contributed by atoms with Gasteiger partial charge in [-0.3, -0.25) is 20.4 Å². The van der Waals surface area contributed by atoms with Crippen LogP contribution in [-0.2, 0) is 16.0 Å². The summed E-state index contributed by atoms with van der Waals surface area (Å²) in [6.45, 7) is 1.54. The molecule has 2 amide bonds. The van der Waals surface area contributed by atoms with Crippen LogP contribution in [0.4, 0.5) is 0 Å². The highest BCUT2D eigenvalue weighted by atomic mass is 35.5. The van der Waals surface area contributed by atoms with Crippen molar-refractivity contribution >= 4 is 46.6 Å². The molecule has 0 radical (unpaired) electrons. The SMILES string of the molecule is CC(Oc1ccc(Cl)c(Cl)c1)C(=O)NNC(=O)Cc1ccc(Cl)cc1. The Morgan fingerprint density at radius 3 is 2.32 bits per heavy atom. The van der Waals surface area contributed by atoms with E-state index in [9.17, 15) is 9.59 Å². The highest BCUT2D eigenvalue weighted by Crippen LogP contribution is 2.26. The van der Waals surface area contributed by atoms with Crippen LogP contribution in [-0.4, -0.2) is 17.9 Å². The summed E-state index contributed by atoms with van der Waals surface area (Å²) < 4.78 is 5.45. The van der Waals surface area contributed by atoms with Crippen molar-refractivity contribution in [3.05, 3.63) is 63.1 Å². The van der Waals surface area contributed by atoms with Crippen molar-refractivity contribution in [2.75, 3.05) is 0 Å². The number of amides is 2. The summed E-state index contributed by atoms with van der Waals surface area (Å²) in [5.41, 5.74) is 5.42. The number of hydrogen-bond donors (Lipinski definition) is 2. The predicted octanol–water partition coefficient (Wildman–Crippen LogP) is 3.80. The maximum absolute atomic E-state index is 12.0. The van der Waals surface area contributed by atoms with Crippen LogP contribution in [0.3, 0.4) is 0 Å². The molecule has 0 aliphatic carbocycles. The quantitative estimate of drug-likeness (QED) is 0.749. The first-order valence-corrected chi connectivity index (χ1v) is 8.43. The van der Waals surface area contributed by atoms with E-state index in [1.807, 2.05) is 0 Å². The van der Waals surface area contributed by atoms with Gasteiger partial charge in [-0.2, -0.15) is 0 Å². The number of nitrogens with one attached hydrogen (secondary N) is 2. The molecule has 0 saturated carbocycles. The average molecular weight is 402 g/mol. The van der Waals surface area contributed by atoms with Crippen LogP contribution in [0.25, 0.3) is 0 Å². The lowest BCUT2D eigenvalue weighted by atomic mass is 10.1. The smallest absolute Gasteiger partial charge is 0.279 e. The van der Waals surface area contributed by atoms with E-state index in [-0.39, 0.29) is 12.3 Å². The third-order valence-electron chi connectivity index (χ3n) is 3.18. The number of rotatable bonds is 5. The van der Waals surface area contributed by atoms with Crippen molar-refractivity contribution < 1.29 is 14.3 Å². The normalized spacial score (nSPS) is 11.5. The number of ether oxygens (including phenoxy) is 1. The Bertz CT molecular complexity index is 766. The van der Waals surface area contributed by atoms with E-state index >= 15 is 0 Å². The molecule has 0 spiro atoms. The number of hydrogen-bond acceptors (Lipinski definition) is 3. The van der Waals surface area contributed by atoms with Gasteiger partial charge in [-0.1, -0.05) is 46.9 Å². The first-order valence-electron chi connectivity index (χ1n) is 7.30. The van der Waals surface area contributed by atoms with E-state index in [1.54, 1.807) is 43.3 Å². The van der Waals surface area contributed by atoms with Crippen LogP contribution in [0.1, 0.15) is 12.5 Å². The van der Waals surface area contributed by atoms with E-state index in [0.717, 1.165) is 5.56 Å². The molecule has 0 aliphatic heterocycles. The zero-order chi connectivity index (χ0) is 18.4. The summed E-state index contributed by atoms with van der Waals surface area (Å²) in [5, 5.41) is 1.30. The third kappa shape index (κ3) is 6.12. The van der Waals surface area contributed by atoms with Crippen LogP contribution in [0.15, 0.2) is 42.5 Å². The van der Waals surface area contributed by atoms with Crippen LogP contribution in [0.5, 0.6) is 5.75 Å². The molecular weight excluding hydrogens is 387 g/mol. The lowest BCUT2D eigenvalue weighted by Crippen LogP contribution is -2.47. The van der Waals surface area contributed by atoms with Crippen molar-refractivity contribution in [3.8, 4) is 5.75 Å². The van der Waals surface area contributed by atoms with E-state index in [2.05, 4.69) is 10.9 Å². The molecule has 5 nitrogen and oxygen atoms in total. The fraction of sp³-hybridized carbons (Fsp3) is 0.176. The minimum Gasteiger partial charge on any atom is -0.481 e. The van der Waals surface area contributed by atoms with Crippen molar-refractivity contribution in [1.29, 1.82) is 0 Å². The summed E-state index contributed by atoms with van der Waals surface area (Å²) in [7, 11) is 0. The van der Waals surface area contributed by atoms with Crippen LogP contribution in [0.2, 0.25) is 15.1 Å². The van der Waals surface area contributed by atoms with Gasteiger partial charge in [-0.25, -0.2) is 0 Å². The number of benzene rings is 2. The Morgan fingerprint density at radius 1 is 1.00 bits per heavy atom. The number of halogens is 3. The topological polar surface area (TPSA) is 67.4 Å². The van der Waals surface area contributed by atoms with Crippen molar-refractivity contribution in [2.45, 2.75) is 19.4 Å². The minimum atomic E-state index is -0.840. The largest absolute Gasteiger partial charge is 0.481 e. The molecule has 0 heterocycles. The molecule has 2 aromatic rings. The Labute approximate surface area is 160 Å². The molecule has 0 fully saturated rings. The van der Waals surface area contributed by atoms with E-state index in [1.165, 1.54) is 6.07 Å². The van der Waals surface area contributed by atoms with E-state index in [4.69, 9.17) is 39.5 Å². The monoisotopic (exact) mass is 400 g/mol. The Balaban J connectivity index is 1.81. The second-order valence-corrected chi connectivity index (χ2v) is 6.43. The van der Waals surface area contributed by atoms with Crippen LogP contribution in [0, 0.1) is 0 Å². The highest BCUT2D eigenvalue weighted by molar-refractivity contribution is 6.42. The summed E-state index contributed by atoms with van der Waals surface area (Å²) in [6.07, 6.45) is -0.729. The fourth-order valence-corrected chi connectivity index (χ4v) is 2.29. The zero-order valence-electron chi connectivity index (χ0n) is 13.2. The van der Waals surface area contributed by atoms with Crippen LogP contribution >= 0.6 is 34.8 Å². The maximum atomic E-state index is 12.0. The summed E-state index contributed by atoms with van der Waals surface area (Å²) in [4.78, 5) is 23.8. The molecule has 25 heavy (non-hydrogen) atoms. The maximum Gasteiger partial charge on any atom is 0.279 e. The molecule has 0 aromatic heterocycles. The Kier molecular flexibility index (Phi) is 6.93. The molecule has 2 aromatic carbocycles. The van der Waals surface area contributed by atoms with Gasteiger partial charge < -0.3 is 4.74 Å². The molecule has 0 aliphatic rings. The second kappa shape index (κ2) is 8.94. The van der Waals surface area contributed by atoms with Gasteiger partial charge in [0.1, 0.15) is 5.75 Å². The molecule has 8 heteroatoms. The average Bonchev–Trinajstić information content (AvgIpc) is 2.58. The second-order valence-electron chi connectivity index (χ2n) is 5.18. The summed E-state index contributed by atoms with van der Waals surface area (Å²) >= 11 is 17.5. The lowest BCUT2D eigenvalue weighted by Gasteiger charge is -2.15. The molecule has 2 N–H and O–H groups in total. The van der Waals surface area contributed by atoms with Gasteiger partial charge >= 0.3 is 0 Å². The number of carbonyl (C=O) groups excluding carboxylic acids is 2. The first-order chi connectivity index (χ1) is 11.8. The Hall–Kier alpha value is -1.95. The molecule has 0 saturated heterocycles. The minimum absolute atomic E-state index is 0.111. The molecule has 2 rings (SSSR count). The Morgan fingerprint density at radius 2 is 1.68 bits per heavy atom. The summed E-state index contributed by atoms with van der Waals surface area (Å²) in [5.74, 6) is -0.475. The van der Waals surface area contributed by atoms with Gasteiger partial charge in [0, 0.05) is 11.1 Å². The van der Waals surface area contributed by atoms with Crippen LogP contribution < -0.4 is 15.6 Å². The van der Waals surface area contributed by atoms with Crippen molar-refractivity contribution in [1.82, 2.24) is 10.9 Å². The van der Waals surface area contributed by atoms with E-state index in [0.29, 0.717) is 20.8 Å². The lowest BCUT2D eigenvalue weighted by molar-refractivity contribution is -0.132. The summed E-state index contributed by atoms with van der Waals surface area (Å²) in [6, 6.07) is 11.5. The number of carbonyl (C=O) groups is 2. The van der Waals surface area contributed by atoms with E-state index < -0.39 is 12.0 Å². The zero-order valence-corrected chi connectivity index (χ0v) is 15.5. The van der Waals surface area contributed by atoms with Gasteiger partial charge in [-0.05, 0) is 36.8 Å². The first kappa shape index (κ1) is 19.4. The highest BCUT2D eigenvalue weighted by Gasteiger charge is 2.16. The standard InChI is InChI=1S/C17H15Cl3N2O3/c1-10(25-13-6-7-14(19)15(20)9-13)17(24)22-21-16(23)8-11-2-4-12(18)5-3-11/h2-7,9-10H,8H2,1H3,(H,21,23)(H,22,24). The van der Waals surface area contributed by atoms with Crippen molar-refractivity contribution in [3.63, 3.8) is 0 Å². The number of hydrazine groups is 1. The molecule has 132 valence electrons. The van der Waals surface area contributed by atoms with Gasteiger partial charge in [0.15, 0.2) is 6.10 Å². The van der Waals surface area contributed by atoms with Gasteiger partial charge in [0.2, 0.25) is 5.91 Å². The molecule has 1 unspecified atom stereocenters. The predicted molar refractivity (Wildman–Crippen MR) is 98.0 cm³/mol. The molecular formula is C17H15Cl3N2O3.